The molecule has 34 heavy (non-hydrogen) atoms. The highest BCUT2D eigenvalue weighted by molar-refractivity contribution is 9.09. The van der Waals surface area contributed by atoms with E-state index in [-0.39, 0.29) is 24.3 Å². The van der Waals surface area contributed by atoms with E-state index in [0.29, 0.717) is 16.4 Å². The van der Waals surface area contributed by atoms with Crippen LogP contribution in [-0.2, 0) is 11.0 Å². The van der Waals surface area contributed by atoms with Crippen LogP contribution in [-0.4, -0.2) is 43.7 Å². The Kier molecular flexibility index (Phi) is 8.48. The van der Waals surface area contributed by atoms with Gasteiger partial charge in [-0.2, -0.15) is 18.2 Å². The molecule has 7 nitrogen and oxygen atoms in total. The molecular formula is C23H31BrF3N5O2. The number of nitrogens with one attached hydrogen (secondary N) is 2. The van der Waals surface area contributed by atoms with E-state index in [2.05, 4.69) is 50.1 Å². The molecular weight excluding hydrogens is 515 g/mol. The summed E-state index contributed by atoms with van der Waals surface area (Å²) < 4.78 is 39.1. The van der Waals surface area contributed by atoms with Gasteiger partial charge in [0.2, 0.25) is 11.8 Å². The van der Waals surface area contributed by atoms with Gasteiger partial charge in [-0.3, -0.25) is 9.89 Å². The van der Waals surface area contributed by atoms with E-state index in [0.717, 1.165) is 43.5 Å². The van der Waals surface area contributed by atoms with Crippen LogP contribution < -0.4 is 10.2 Å². The Hall–Kier alpha value is -2.30. The van der Waals surface area contributed by atoms with Gasteiger partial charge < -0.3 is 15.3 Å². The van der Waals surface area contributed by atoms with Crippen LogP contribution in [0.5, 0.6) is 0 Å². The van der Waals surface area contributed by atoms with Crippen molar-refractivity contribution in [2.45, 2.75) is 75.8 Å². The second-order valence-electron chi connectivity index (χ2n) is 9.36. The lowest BCUT2D eigenvalue weighted by Crippen LogP contribution is -2.41. The number of carbonyl (C=O) groups is 1. The first-order valence-corrected chi connectivity index (χ1v) is 12.4. The molecule has 1 fully saturated rings. The maximum absolute atomic E-state index is 13.0. The summed E-state index contributed by atoms with van der Waals surface area (Å²) in [6.07, 6.45) is -0.596. The van der Waals surface area contributed by atoms with Crippen LogP contribution in [0.25, 0.3) is 0 Å². The second kappa shape index (κ2) is 11.0. The van der Waals surface area contributed by atoms with Gasteiger partial charge in [0.1, 0.15) is 0 Å². The van der Waals surface area contributed by atoms with Crippen LogP contribution in [0.2, 0.25) is 0 Å². The predicted octanol–water partition coefficient (Wildman–Crippen LogP) is 6.31. The van der Waals surface area contributed by atoms with Crippen molar-refractivity contribution in [3.8, 4) is 0 Å². The lowest BCUT2D eigenvalue weighted by atomic mass is 9.92. The molecule has 0 spiro atoms. The number of aromatic nitrogens is 3. The molecule has 1 aliphatic rings. The summed E-state index contributed by atoms with van der Waals surface area (Å²) in [5.41, 5.74) is 2.18. The summed E-state index contributed by atoms with van der Waals surface area (Å²) in [5, 5.41) is 17.8. The molecule has 1 aromatic carbocycles. The zero-order valence-electron chi connectivity index (χ0n) is 19.5. The monoisotopic (exact) mass is 545 g/mol. The topological polar surface area (TPSA) is 94.1 Å². The lowest BCUT2D eigenvalue weighted by molar-refractivity contribution is -0.144. The first-order valence-electron chi connectivity index (χ1n) is 11.5. The number of halogens is 4. The number of aromatic amines is 1. The number of hydrogen-bond donors (Lipinski definition) is 3. The lowest BCUT2D eigenvalue weighted by Gasteiger charge is -2.39. The van der Waals surface area contributed by atoms with Gasteiger partial charge >= 0.3 is 12.1 Å². The molecule has 1 saturated carbocycles. The van der Waals surface area contributed by atoms with E-state index < -0.39 is 18.0 Å². The molecule has 3 rings (SSSR count). The summed E-state index contributed by atoms with van der Waals surface area (Å²) >= 11 is 3.70. The Morgan fingerprint density at radius 3 is 2.50 bits per heavy atom. The van der Waals surface area contributed by atoms with Crippen molar-refractivity contribution >= 4 is 39.2 Å². The number of carboxylic acids is 1. The van der Waals surface area contributed by atoms with Gasteiger partial charge in [0.05, 0.1) is 17.8 Å². The molecule has 0 bridgehead atoms. The minimum atomic E-state index is -4.63. The van der Waals surface area contributed by atoms with Crippen LogP contribution in [0, 0.1) is 5.92 Å². The van der Waals surface area contributed by atoms with Crippen LogP contribution >= 0.6 is 15.9 Å². The number of aliphatic carboxylic acids is 1. The predicted molar refractivity (Wildman–Crippen MR) is 129 cm³/mol. The average molecular weight is 546 g/mol. The quantitative estimate of drug-likeness (QED) is 0.319. The Morgan fingerprint density at radius 2 is 1.94 bits per heavy atom. The van der Waals surface area contributed by atoms with Gasteiger partial charge in [0.25, 0.3) is 0 Å². The van der Waals surface area contributed by atoms with Gasteiger partial charge in [-0.25, -0.2) is 0 Å². The zero-order chi connectivity index (χ0) is 25.0. The number of H-pyrrole nitrogens is 1. The zero-order valence-corrected chi connectivity index (χ0v) is 21.1. The summed E-state index contributed by atoms with van der Waals surface area (Å²) in [4.78, 5) is 17.6. The molecule has 0 radical (unpaired) electrons. The molecule has 0 saturated heterocycles. The van der Waals surface area contributed by atoms with Crippen molar-refractivity contribution in [1.29, 1.82) is 0 Å². The smallest absolute Gasteiger partial charge is 0.451 e. The molecule has 3 N–H and O–H groups in total. The van der Waals surface area contributed by atoms with Gasteiger partial charge in [-0.15, -0.1) is 5.10 Å². The molecule has 1 atom stereocenters. The van der Waals surface area contributed by atoms with Crippen LogP contribution in [0.1, 0.15) is 70.2 Å². The summed E-state index contributed by atoms with van der Waals surface area (Å²) in [6.45, 7) is 6.84. The van der Waals surface area contributed by atoms with E-state index >= 15 is 0 Å². The Bertz CT molecular complexity index is 974. The molecule has 1 unspecified atom stereocenters. The second-order valence-corrected chi connectivity index (χ2v) is 10.7. The van der Waals surface area contributed by atoms with Gasteiger partial charge in [-0.05, 0) is 55.2 Å². The Balaban J connectivity index is 2.00. The number of benzene rings is 1. The summed E-state index contributed by atoms with van der Waals surface area (Å²) in [7, 11) is 0. The third-order valence-corrected chi connectivity index (χ3v) is 6.92. The van der Waals surface area contributed by atoms with Crippen molar-refractivity contribution in [1.82, 2.24) is 15.2 Å². The number of carboxylic acid groups (broad SMARTS) is 1. The largest absolute Gasteiger partial charge is 0.481 e. The molecule has 2 aromatic rings. The van der Waals surface area contributed by atoms with E-state index in [1.165, 1.54) is 0 Å². The normalized spacial score (nSPS) is 19.8. The standard InChI is InChI=1S/C23H31BrF3N5O2/c1-13(2)12-32(17-7-5-16(24)6-8-17)19-9-4-15(14(3)10-20(33)34)11-18(19)28-22-29-21(30-31-22)23(25,26)27/h4,9,11,13-14,16-17H,5-8,10,12H2,1-3H3,(H,33,34)(H2,28,29,30,31)/t14?,16-,17+. The third kappa shape index (κ3) is 6.86. The molecule has 1 aliphatic carbocycles. The Labute approximate surface area is 205 Å². The molecule has 1 heterocycles. The van der Waals surface area contributed by atoms with E-state index in [1.54, 1.807) is 6.07 Å². The van der Waals surface area contributed by atoms with E-state index in [1.807, 2.05) is 24.2 Å². The number of alkyl halides is 4. The fourth-order valence-corrected chi connectivity index (χ4v) is 4.87. The summed E-state index contributed by atoms with van der Waals surface area (Å²) in [6, 6.07) is 5.92. The van der Waals surface area contributed by atoms with Crippen molar-refractivity contribution < 1.29 is 23.1 Å². The van der Waals surface area contributed by atoms with Crippen molar-refractivity contribution in [2.24, 2.45) is 5.92 Å². The van der Waals surface area contributed by atoms with Gasteiger partial charge in [0.15, 0.2) is 0 Å². The van der Waals surface area contributed by atoms with E-state index in [4.69, 9.17) is 0 Å². The van der Waals surface area contributed by atoms with Gasteiger partial charge in [0, 0.05) is 17.4 Å². The SMILES string of the molecule is CC(C)CN(c1ccc(C(C)CC(=O)O)cc1Nc1n[nH]c(C(F)(F)F)n1)[C@H]1CC[C@@H](Br)CC1. The van der Waals surface area contributed by atoms with E-state index in [9.17, 15) is 23.1 Å². The molecule has 11 heteroatoms. The summed E-state index contributed by atoms with van der Waals surface area (Å²) in [5.74, 6) is -2.19. The number of anilines is 3. The Morgan fingerprint density at radius 1 is 1.26 bits per heavy atom. The fraction of sp³-hybridized carbons (Fsp3) is 0.609. The van der Waals surface area contributed by atoms with Crippen LogP contribution in [0.3, 0.4) is 0 Å². The highest BCUT2D eigenvalue weighted by Crippen LogP contribution is 2.38. The molecule has 1 aromatic heterocycles. The highest BCUT2D eigenvalue weighted by atomic mass is 79.9. The first-order chi connectivity index (χ1) is 15.9. The number of nitrogens with zero attached hydrogens (tertiary/aromatic N) is 3. The fourth-order valence-electron chi connectivity index (χ4n) is 4.34. The van der Waals surface area contributed by atoms with Crippen molar-refractivity contribution in [2.75, 3.05) is 16.8 Å². The molecule has 0 amide bonds. The molecule has 0 aliphatic heterocycles. The van der Waals surface area contributed by atoms with Crippen LogP contribution in [0.4, 0.5) is 30.5 Å². The number of hydrogen-bond acceptors (Lipinski definition) is 5. The van der Waals surface area contributed by atoms with Crippen LogP contribution in [0.15, 0.2) is 18.2 Å². The number of rotatable bonds is 9. The average Bonchev–Trinajstić information content (AvgIpc) is 3.21. The maximum Gasteiger partial charge on any atom is 0.451 e. The maximum atomic E-state index is 13.0. The van der Waals surface area contributed by atoms with Gasteiger partial charge in [-0.1, -0.05) is 42.8 Å². The molecule has 188 valence electrons. The minimum absolute atomic E-state index is 0.0529. The van der Waals surface area contributed by atoms with Crippen molar-refractivity contribution in [3.05, 3.63) is 29.6 Å². The van der Waals surface area contributed by atoms with Crippen molar-refractivity contribution in [3.63, 3.8) is 0 Å². The highest BCUT2D eigenvalue weighted by Gasteiger charge is 2.35. The first kappa shape index (κ1) is 26.3. The minimum Gasteiger partial charge on any atom is -0.481 e. The third-order valence-electron chi connectivity index (χ3n) is 6.01.